The van der Waals surface area contributed by atoms with Crippen LogP contribution in [-0.2, 0) is 4.74 Å². The van der Waals surface area contributed by atoms with Gasteiger partial charge in [0.2, 0.25) is 0 Å². The lowest BCUT2D eigenvalue weighted by atomic mass is 9.95. The summed E-state index contributed by atoms with van der Waals surface area (Å²) in [7, 11) is 1.23. The van der Waals surface area contributed by atoms with Crippen LogP contribution in [-0.4, -0.2) is 51.9 Å². The smallest absolute Gasteiger partial charge is 0.347 e. The minimum Gasteiger partial charge on any atom is -0.465 e. The Morgan fingerprint density at radius 3 is 2.62 bits per heavy atom. The van der Waals surface area contributed by atoms with E-state index < -0.39 is 17.0 Å². The standard InChI is InChI=1S/C24H28N4O5S/c1-33-24(30)20-21(28(31)32)22(34-23(20)26-11-9-17(29)10-12-26)15-7-8-19-18(13-15)25-14-27(19)16-5-3-2-4-6-16/h7-8,13-14,16-17,29H,2-6,9-12H2,1H3. The molecule has 3 aromatic rings. The maximum absolute atomic E-state index is 12.7. The highest BCUT2D eigenvalue weighted by Crippen LogP contribution is 2.48. The molecule has 3 heterocycles. The third kappa shape index (κ3) is 4.05. The summed E-state index contributed by atoms with van der Waals surface area (Å²) in [6.45, 7) is 1.04. The number of nitro groups is 1. The van der Waals surface area contributed by atoms with Crippen LogP contribution in [0.25, 0.3) is 21.5 Å². The van der Waals surface area contributed by atoms with Gasteiger partial charge in [-0.3, -0.25) is 10.1 Å². The van der Waals surface area contributed by atoms with Gasteiger partial charge in [0, 0.05) is 24.7 Å². The van der Waals surface area contributed by atoms with Crippen molar-refractivity contribution in [1.29, 1.82) is 0 Å². The molecule has 34 heavy (non-hydrogen) atoms. The first kappa shape index (κ1) is 22.8. The number of thiophene rings is 1. The number of nitrogens with zero attached hydrogens (tertiary/aromatic N) is 4. The van der Waals surface area contributed by atoms with Gasteiger partial charge in [-0.25, -0.2) is 9.78 Å². The second kappa shape index (κ2) is 9.34. The highest BCUT2D eigenvalue weighted by molar-refractivity contribution is 7.20. The molecule has 1 saturated carbocycles. The quantitative estimate of drug-likeness (QED) is 0.311. The molecule has 1 saturated heterocycles. The molecule has 0 atom stereocenters. The fraction of sp³-hybridized carbons (Fsp3) is 0.500. The molecular formula is C24H28N4O5S. The van der Waals surface area contributed by atoms with Gasteiger partial charge < -0.3 is 19.3 Å². The summed E-state index contributed by atoms with van der Waals surface area (Å²) in [6, 6.07) is 6.17. The van der Waals surface area contributed by atoms with E-state index >= 15 is 0 Å². The maximum atomic E-state index is 12.7. The first-order valence-electron chi connectivity index (χ1n) is 11.8. The van der Waals surface area contributed by atoms with Crippen molar-refractivity contribution >= 4 is 39.0 Å². The molecule has 0 spiro atoms. The minimum absolute atomic E-state index is 0.0169. The molecule has 1 aromatic carbocycles. The number of carbonyl (C=O) groups is 1. The number of ether oxygens (including phenoxy) is 1. The number of carbonyl (C=O) groups excluding carboxylic acids is 1. The van der Waals surface area contributed by atoms with Gasteiger partial charge >= 0.3 is 11.7 Å². The Bertz CT molecular complexity index is 1220. The number of piperidine rings is 1. The van der Waals surface area contributed by atoms with E-state index in [1.807, 2.05) is 29.4 Å². The minimum atomic E-state index is -0.724. The Morgan fingerprint density at radius 1 is 1.21 bits per heavy atom. The summed E-state index contributed by atoms with van der Waals surface area (Å²) in [5.41, 5.74) is 2.22. The molecule has 180 valence electrons. The number of hydrogen-bond donors (Lipinski definition) is 1. The molecule has 1 N–H and O–H groups in total. The van der Waals surface area contributed by atoms with Gasteiger partial charge in [-0.2, -0.15) is 0 Å². The topological polar surface area (TPSA) is 111 Å². The van der Waals surface area contributed by atoms with E-state index in [0.29, 0.717) is 47.4 Å². The van der Waals surface area contributed by atoms with E-state index in [9.17, 15) is 20.0 Å². The van der Waals surface area contributed by atoms with E-state index in [2.05, 4.69) is 9.55 Å². The Morgan fingerprint density at radius 2 is 1.94 bits per heavy atom. The van der Waals surface area contributed by atoms with Crippen molar-refractivity contribution in [2.24, 2.45) is 0 Å². The highest BCUT2D eigenvalue weighted by atomic mass is 32.1. The van der Waals surface area contributed by atoms with Gasteiger partial charge in [-0.1, -0.05) is 25.3 Å². The molecule has 1 aliphatic heterocycles. The molecule has 0 bridgehead atoms. The van der Waals surface area contributed by atoms with Crippen LogP contribution in [0.5, 0.6) is 0 Å². The summed E-state index contributed by atoms with van der Waals surface area (Å²) >= 11 is 1.23. The zero-order valence-corrected chi connectivity index (χ0v) is 19.9. The fourth-order valence-electron chi connectivity index (χ4n) is 5.18. The van der Waals surface area contributed by atoms with Gasteiger partial charge in [-0.15, -0.1) is 11.3 Å². The van der Waals surface area contributed by atoms with Crippen LogP contribution >= 0.6 is 11.3 Å². The predicted octanol–water partition coefficient (Wildman–Crippen LogP) is 4.93. The molecule has 5 rings (SSSR count). The van der Waals surface area contributed by atoms with Crippen LogP contribution in [0.1, 0.15) is 61.3 Å². The number of imidazole rings is 1. The number of fused-ring (bicyclic) bond motifs is 1. The van der Waals surface area contributed by atoms with Crippen LogP contribution in [0.3, 0.4) is 0 Å². The zero-order chi connectivity index (χ0) is 23.8. The fourth-order valence-corrected chi connectivity index (χ4v) is 6.49. The SMILES string of the molecule is COC(=O)c1c(N2CCC(O)CC2)sc(-c2ccc3c(c2)ncn3C2CCCCC2)c1[N+](=O)[O-]. The molecule has 2 fully saturated rings. The lowest BCUT2D eigenvalue weighted by Gasteiger charge is -2.30. The second-order valence-electron chi connectivity index (χ2n) is 9.07. The van der Waals surface area contributed by atoms with Crippen molar-refractivity contribution in [3.63, 3.8) is 0 Å². The molecule has 0 amide bonds. The largest absolute Gasteiger partial charge is 0.465 e. The average Bonchev–Trinajstić information content (AvgIpc) is 3.46. The molecule has 1 aliphatic carbocycles. The van der Waals surface area contributed by atoms with Crippen molar-refractivity contribution in [3.8, 4) is 10.4 Å². The maximum Gasteiger partial charge on any atom is 0.347 e. The van der Waals surface area contributed by atoms with Crippen LogP contribution in [0.4, 0.5) is 10.7 Å². The zero-order valence-electron chi connectivity index (χ0n) is 19.1. The van der Waals surface area contributed by atoms with Gasteiger partial charge in [0.25, 0.3) is 0 Å². The molecule has 0 unspecified atom stereocenters. The summed E-state index contributed by atoms with van der Waals surface area (Å²) in [6.07, 6.45) is 8.56. The van der Waals surface area contributed by atoms with Crippen molar-refractivity contribution in [2.45, 2.75) is 57.1 Å². The lowest BCUT2D eigenvalue weighted by Crippen LogP contribution is -2.36. The van der Waals surface area contributed by atoms with E-state index in [-0.39, 0.29) is 11.3 Å². The molecule has 0 radical (unpaired) electrons. The number of esters is 1. The predicted molar refractivity (Wildman–Crippen MR) is 131 cm³/mol. The number of benzene rings is 1. The highest BCUT2D eigenvalue weighted by Gasteiger charge is 2.36. The Labute approximate surface area is 201 Å². The third-order valence-corrected chi connectivity index (χ3v) is 8.28. The Balaban J connectivity index is 1.59. The molecule has 2 aromatic heterocycles. The normalized spacial score (nSPS) is 17.9. The number of hydrogen-bond acceptors (Lipinski definition) is 8. The van der Waals surface area contributed by atoms with E-state index in [4.69, 9.17) is 4.74 Å². The van der Waals surface area contributed by atoms with Gasteiger partial charge in [-0.05, 0) is 37.8 Å². The van der Waals surface area contributed by atoms with Crippen LogP contribution in [0.2, 0.25) is 0 Å². The van der Waals surface area contributed by atoms with E-state index in [1.165, 1.54) is 37.7 Å². The summed E-state index contributed by atoms with van der Waals surface area (Å²) in [5, 5.41) is 22.6. The third-order valence-electron chi connectivity index (χ3n) is 6.99. The summed E-state index contributed by atoms with van der Waals surface area (Å²) in [4.78, 5) is 31.3. The number of aliphatic hydroxyl groups is 1. The van der Waals surface area contributed by atoms with E-state index in [0.717, 1.165) is 23.9 Å². The number of aromatic nitrogens is 2. The average molecular weight is 485 g/mol. The monoisotopic (exact) mass is 484 g/mol. The number of aliphatic hydroxyl groups excluding tert-OH is 1. The van der Waals surface area contributed by atoms with Gasteiger partial charge in [0.15, 0.2) is 5.56 Å². The second-order valence-corrected chi connectivity index (χ2v) is 10.1. The summed E-state index contributed by atoms with van der Waals surface area (Å²) in [5.74, 6) is -0.724. The van der Waals surface area contributed by atoms with Crippen molar-refractivity contribution < 1.29 is 19.6 Å². The molecule has 9 nitrogen and oxygen atoms in total. The molecule has 10 heteroatoms. The van der Waals surface area contributed by atoms with Crippen molar-refractivity contribution in [2.75, 3.05) is 25.1 Å². The summed E-state index contributed by atoms with van der Waals surface area (Å²) < 4.78 is 7.17. The molecular weight excluding hydrogens is 456 g/mol. The lowest BCUT2D eigenvalue weighted by molar-refractivity contribution is -0.384. The van der Waals surface area contributed by atoms with Crippen molar-refractivity contribution in [1.82, 2.24) is 9.55 Å². The van der Waals surface area contributed by atoms with Gasteiger partial charge in [0.1, 0.15) is 9.88 Å². The van der Waals surface area contributed by atoms with Crippen LogP contribution < -0.4 is 4.90 Å². The van der Waals surface area contributed by atoms with E-state index in [1.54, 1.807) is 0 Å². The number of anilines is 1. The van der Waals surface area contributed by atoms with Crippen molar-refractivity contribution in [3.05, 3.63) is 40.2 Å². The first-order valence-corrected chi connectivity index (χ1v) is 12.6. The molecule has 2 aliphatic rings. The van der Waals surface area contributed by atoms with Crippen LogP contribution in [0, 0.1) is 10.1 Å². The number of methoxy groups -OCH3 is 1. The van der Waals surface area contributed by atoms with Gasteiger partial charge in [0.05, 0.1) is 35.5 Å². The number of rotatable bonds is 5. The Hall–Kier alpha value is -2.98. The first-order chi connectivity index (χ1) is 16.5. The van der Waals surface area contributed by atoms with Crippen LogP contribution in [0.15, 0.2) is 24.5 Å². The Kier molecular flexibility index (Phi) is 6.26.